The summed E-state index contributed by atoms with van der Waals surface area (Å²) < 4.78 is 5.71. The zero-order chi connectivity index (χ0) is 12.4. The van der Waals surface area contributed by atoms with Crippen molar-refractivity contribution in [3.63, 3.8) is 0 Å². The largest absolute Gasteiger partial charge is 0.374 e. The Kier molecular flexibility index (Phi) is 4.05. The summed E-state index contributed by atoms with van der Waals surface area (Å²) in [7, 11) is 0. The van der Waals surface area contributed by atoms with Crippen molar-refractivity contribution >= 4 is 5.91 Å². The standard InChI is InChI=1S/C13H24N2O2/c1-9(2)8-10(14)13(16)15-6-7-17-12-5-3-4-11(12)15/h9-12H,3-8,14H2,1-2H3/t10-,11?,12?/m0/s1. The monoisotopic (exact) mass is 240 g/mol. The molecule has 0 spiro atoms. The molecule has 17 heavy (non-hydrogen) atoms. The van der Waals surface area contributed by atoms with Crippen molar-refractivity contribution in [2.45, 2.75) is 57.7 Å². The quantitative estimate of drug-likeness (QED) is 0.805. The Morgan fingerprint density at radius 2 is 2.24 bits per heavy atom. The predicted molar refractivity (Wildman–Crippen MR) is 66.5 cm³/mol. The summed E-state index contributed by atoms with van der Waals surface area (Å²) in [4.78, 5) is 14.3. The summed E-state index contributed by atoms with van der Waals surface area (Å²) >= 11 is 0. The fourth-order valence-electron chi connectivity index (χ4n) is 3.02. The van der Waals surface area contributed by atoms with E-state index in [1.165, 1.54) is 6.42 Å². The summed E-state index contributed by atoms with van der Waals surface area (Å²) in [6, 6.07) is -0.0520. The van der Waals surface area contributed by atoms with Gasteiger partial charge >= 0.3 is 0 Å². The number of hydrogen-bond acceptors (Lipinski definition) is 3. The Morgan fingerprint density at radius 1 is 1.47 bits per heavy atom. The molecule has 1 aliphatic carbocycles. The SMILES string of the molecule is CC(C)C[C@H](N)C(=O)N1CCOC2CCCC21. The Labute approximate surface area is 103 Å². The highest BCUT2D eigenvalue weighted by Gasteiger charge is 2.39. The average molecular weight is 240 g/mol. The van der Waals surface area contributed by atoms with E-state index in [4.69, 9.17) is 10.5 Å². The van der Waals surface area contributed by atoms with Gasteiger partial charge in [-0.3, -0.25) is 4.79 Å². The summed E-state index contributed by atoms with van der Waals surface area (Å²) in [5.41, 5.74) is 6.00. The fraction of sp³-hybridized carbons (Fsp3) is 0.923. The van der Waals surface area contributed by atoms with Crippen LogP contribution >= 0.6 is 0 Å². The third-order valence-electron chi connectivity index (χ3n) is 3.81. The van der Waals surface area contributed by atoms with E-state index >= 15 is 0 Å². The molecule has 0 bridgehead atoms. The lowest BCUT2D eigenvalue weighted by Gasteiger charge is -2.39. The van der Waals surface area contributed by atoms with Gasteiger partial charge < -0.3 is 15.4 Å². The number of hydrogen-bond donors (Lipinski definition) is 1. The first-order chi connectivity index (χ1) is 8.09. The molecule has 0 aromatic carbocycles. The molecule has 2 rings (SSSR count). The number of ether oxygens (including phenoxy) is 1. The van der Waals surface area contributed by atoms with Gasteiger partial charge in [0, 0.05) is 6.54 Å². The van der Waals surface area contributed by atoms with Gasteiger partial charge in [0.25, 0.3) is 0 Å². The number of amides is 1. The fourth-order valence-corrected chi connectivity index (χ4v) is 3.02. The van der Waals surface area contributed by atoms with Crippen LogP contribution in [0.3, 0.4) is 0 Å². The first kappa shape index (κ1) is 12.8. The first-order valence-electron chi connectivity index (χ1n) is 6.77. The van der Waals surface area contributed by atoms with E-state index < -0.39 is 0 Å². The van der Waals surface area contributed by atoms with Crippen LogP contribution < -0.4 is 5.73 Å². The Bertz CT molecular complexity index is 281. The minimum Gasteiger partial charge on any atom is -0.374 e. The van der Waals surface area contributed by atoms with Crippen LogP contribution in [0.2, 0.25) is 0 Å². The number of morpholine rings is 1. The maximum absolute atomic E-state index is 12.3. The van der Waals surface area contributed by atoms with Crippen LogP contribution in [0.25, 0.3) is 0 Å². The molecule has 1 aliphatic heterocycles. The number of fused-ring (bicyclic) bond motifs is 1. The van der Waals surface area contributed by atoms with Crippen LogP contribution in [0.1, 0.15) is 39.5 Å². The van der Waals surface area contributed by atoms with Crippen LogP contribution in [0.4, 0.5) is 0 Å². The molecule has 3 atom stereocenters. The van der Waals surface area contributed by atoms with Crippen LogP contribution in [0.15, 0.2) is 0 Å². The van der Waals surface area contributed by atoms with Crippen molar-refractivity contribution < 1.29 is 9.53 Å². The molecule has 0 aromatic heterocycles. The molecule has 1 saturated carbocycles. The second kappa shape index (κ2) is 5.36. The number of rotatable bonds is 3. The zero-order valence-electron chi connectivity index (χ0n) is 10.9. The van der Waals surface area contributed by atoms with Crippen molar-refractivity contribution in [2.75, 3.05) is 13.2 Å². The van der Waals surface area contributed by atoms with Gasteiger partial charge in [-0.2, -0.15) is 0 Å². The van der Waals surface area contributed by atoms with E-state index in [1.54, 1.807) is 0 Å². The molecular weight excluding hydrogens is 216 g/mol. The van der Waals surface area contributed by atoms with E-state index in [1.807, 2.05) is 4.90 Å². The Morgan fingerprint density at radius 3 is 2.94 bits per heavy atom. The lowest BCUT2D eigenvalue weighted by atomic mass is 10.0. The molecule has 0 aromatic rings. The van der Waals surface area contributed by atoms with E-state index in [0.29, 0.717) is 19.1 Å². The molecule has 2 fully saturated rings. The lowest BCUT2D eigenvalue weighted by molar-refractivity contribution is -0.145. The Hall–Kier alpha value is -0.610. The molecule has 98 valence electrons. The summed E-state index contributed by atoms with van der Waals surface area (Å²) in [6.07, 6.45) is 4.36. The predicted octanol–water partition coefficient (Wildman–Crippen LogP) is 1.14. The van der Waals surface area contributed by atoms with Crippen LogP contribution in [-0.4, -0.2) is 42.1 Å². The van der Waals surface area contributed by atoms with Gasteiger partial charge in [-0.1, -0.05) is 13.8 Å². The van der Waals surface area contributed by atoms with Gasteiger partial charge in [0.2, 0.25) is 5.91 Å². The van der Waals surface area contributed by atoms with Crippen molar-refractivity contribution in [1.29, 1.82) is 0 Å². The van der Waals surface area contributed by atoms with E-state index in [-0.39, 0.29) is 24.1 Å². The number of nitrogens with two attached hydrogens (primary N) is 1. The maximum atomic E-state index is 12.3. The third kappa shape index (κ3) is 2.80. The van der Waals surface area contributed by atoms with Crippen molar-refractivity contribution in [3.05, 3.63) is 0 Å². The number of nitrogens with zero attached hydrogens (tertiary/aromatic N) is 1. The zero-order valence-corrected chi connectivity index (χ0v) is 10.9. The normalized spacial score (nSPS) is 30.5. The Balaban J connectivity index is 1.98. The smallest absolute Gasteiger partial charge is 0.239 e. The number of carbonyl (C=O) groups is 1. The van der Waals surface area contributed by atoms with E-state index in [9.17, 15) is 4.79 Å². The lowest BCUT2D eigenvalue weighted by Crippen LogP contribution is -2.55. The van der Waals surface area contributed by atoms with Crippen molar-refractivity contribution in [2.24, 2.45) is 11.7 Å². The summed E-state index contributed by atoms with van der Waals surface area (Å²) in [6.45, 7) is 5.59. The minimum atomic E-state index is -0.339. The van der Waals surface area contributed by atoms with E-state index in [0.717, 1.165) is 19.3 Å². The van der Waals surface area contributed by atoms with Crippen molar-refractivity contribution in [3.8, 4) is 0 Å². The molecule has 1 saturated heterocycles. The van der Waals surface area contributed by atoms with Gasteiger partial charge in [0.1, 0.15) is 0 Å². The molecule has 2 aliphatic rings. The van der Waals surface area contributed by atoms with Gasteiger partial charge in [0.05, 0.1) is 24.8 Å². The summed E-state index contributed by atoms with van der Waals surface area (Å²) in [5, 5.41) is 0. The third-order valence-corrected chi connectivity index (χ3v) is 3.81. The molecular formula is C13H24N2O2. The second-order valence-corrected chi connectivity index (χ2v) is 5.68. The molecule has 1 heterocycles. The topological polar surface area (TPSA) is 55.6 Å². The highest BCUT2D eigenvalue weighted by molar-refractivity contribution is 5.82. The van der Waals surface area contributed by atoms with E-state index in [2.05, 4.69) is 13.8 Å². The second-order valence-electron chi connectivity index (χ2n) is 5.68. The van der Waals surface area contributed by atoms with Crippen LogP contribution in [0, 0.1) is 5.92 Å². The minimum absolute atomic E-state index is 0.124. The highest BCUT2D eigenvalue weighted by atomic mass is 16.5. The first-order valence-corrected chi connectivity index (χ1v) is 6.77. The highest BCUT2D eigenvalue weighted by Crippen LogP contribution is 2.30. The molecule has 4 nitrogen and oxygen atoms in total. The van der Waals surface area contributed by atoms with Gasteiger partial charge in [0.15, 0.2) is 0 Å². The van der Waals surface area contributed by atoms with Crippen molar-refractivity contribution in [1.82, 2.24) is 4.90 Å². The molecule has 1 amide bonds. The van der Waals surface area contributed by atoms with Gasteiger partial charge in [-0.15, -0.1) is 0 Å². The summed E-state index contributed by atoms with van der Waals surface area (Å²) in [5.74, 6) is 0.591. The van der Waals surface area contributed by atoms with Gasteiger partial charge in [-0.25, -0.2) is 0 Å². The molecule has 2 unspecified atom stereocenters. The number of carbonyl (C=O) groups excluding carboxylic acids is 1. The maximum Gasteiger partial charge on any atom is 0.239 e. The van der Waals surface area contributed by atoms with Crippen LogP contribution in [-0.2, 0) is 9.53 Å². The van der Waals surface area contributed by atoms with Gasteiger partial charge in [-0.05, 0) is 31.6 Å². The molecule has 0 radical (unpaired) electrons. The molecule has 4 heteroatoms. The average Bonchev–Trinajstić information content (AvgIpc) is 2.74. The molecule has 2 N–H and O–H groups in total. The van der Waals surface area contributed by atoms with Crippen LogP contribution in [0.5, 0.6) is 0 Å².